The predicted octanol–water partition coefficient (Wildman–Crippen LogP) is 1.76. The summed E-state index contributed by atoms with van der Waals surface area (Å²) in [5, 5.41) is 0. The Morgan fingerprint density at radius 3 is 2.60 bits per heavy atom. The number of rotatable bonds is 3. The van der Waals surface area contributed by atoms with E-state index >= 15 is 0 Å². The van der Waals surface area contributed by atoms with Crippen molar-refractivity contribution in [1.29, 1.82) is 0 Å². The van der Waals surface area contributed by atoms with Crippen molar-refractivity contribution in [1.82, 2.24) is 0 Å². The highest BCUT2D eigenvalue weighted by atomic mass is 16.5. The zero-order valence-corrected chi connectivity index (χ0v) is 6.76. The fourth-order valence-corrected chi connectivity index (χ4v) is 0.433. The van der Waals surface area contributed by atoms with Crippen LogP contribution in [-0.4, -0.2) is 12.6 Å². The molecule has 0 heterocycles. The van der Waals surface area contributed by atoms with E-state index in [1.807, 2.05) is 13.8 Å². The summed E-state index contributed by atoms with van der Waals surface area (Å²) >= 11 is 0. The molecule has 10 heavy (non-hydrogen) atoms. The molecule has 58 valence electrons. The van der Waals surface area contributed by atoms with Gasteiger partial charge in [0.15, 0.2) is 0 Å². The molecule has 0 saturated heterocycles. The molecule has 0 atom stereocenters. The second kappa shape index (κ2) is 5.03. The molecule has 0 rings (SSSR count). The summed E-state index contributed by atoms with van der Waals surface area (Å²) in [6.07, 6.45) is 3.09. The average molecular weight is 142 g/mol. The lowest BCUT2D eigenvalue weighted by molar-refractivity contribution is -0.138. The Kier molecular flexibility index (Phi) is 4.63. The third-order valence-corrected chi connectivity index (χ3v) is 0.862. The lowest BCUT2D eigenvalue weighted by atomic mass is 10.2. The van der Waals surface area contributed by atoms with Gasteiger partial charge in [-0.25, -0.2) is 4.79 Å². The van der Waals surface area contributed by atoms with E-state index < -0.39 is 0 Å². The molecule has 0 aromatic rings. The van der Waals surface area contributed by atoms with E-state index in [1.165, 1.54) is 6.08 Å². The summed E-state index contributed by atoms with van der Waals surface area (Å²) in [7, 11) is 0. The minimum absolute atomic E-state index is 0.254. The van der Waals surface area contributed by atoms with Gasteiger partial charge in [-0.1, -0.05) is 19.9 Å². The Labute approximate surface area is 61.9 Å². The minimum Gasteiger partial charge on any atom is -0.462 e. The van der Waals surface area contributed by atoms with E-state index in [1.54, 1.807) is 13.0 Å². The first kappa shape index (κ1) is 9.21. The van der Waals surface area contributed by atoms with Crippen molar-refractivity contribution in [3.63, 3.8) is 0 Å². The second-order valence-electron chi connectivity index (χ2n) is 2.52. The van der Waals surface area contributed by atoms with Crippen LogP contribution in [0.15, 0.2) is 12.2 Å². The SMILES string of the molecule is C/C=C/C(=O)OCC(C)C. The third kappa shape index (κ3) is 5.35. The quantitative estimate of drug-likeness (QED) is 0.443. The number of hydrogen-bond donors (Lipinski definition) is 0. The van der Waals surface area contributed by atoms with Gasteiger partial charge in [-0.05, 0) is 12.8 Å². The summed E-state index contributed by atoms with van der Waals surface area (Å²) in [5.74, 6) is 0.158. The molecule has 0 radical (unpaired) electrons. The predicted molar refractivity (Wildman–Crippen MR) is 40.6 cm³/mol. The van der Waals surface area contributed by atoms with E-state index in [9.17, 15) is 4.79 Å². The van der Waals surface area contributed by atoms with Gasteiger partial charge in [0.05, 0.1) is 6.61 Å². The van der Waals surface area contributed by atoms with Crippen LogP contribution in [0.1, 0.15) is 20.8 Å². The first-order valence-electron chi connectivity index (χ1n) is 3.46. The van der Waals surface area contributed by atoms with Gasteiger partial charge in [0.25, 0.3) is 0 Å². The van der Waals surface area contributed by atoms with Crippen LogP contribution in [0.3, 0.4) is 0 Å². The third-order valence-electron chi connectivity index (χ3n) is 0.862. The maximum atomic E-state index is 10.6. The van der Waals surface area contributed by atoms with Crippen molar-refractivity contribution >= 4 is 5.97 Å². The van der Waals surface area contributed by atoms with E-state index in [0.29, 0.717) is 12.5 Å². The largest absolute Gasteiger partial charge is 0.462 e. The number of allylic oxidation sites excluding steroid dienone is 1. The van der Waals surface area contributed by atoms with Crippen LogP contribution in [0.4, 0.5) is 0 Å². The molecule has 0 aromatic carbocycles. The summed E-state index contributed by atoms with van der Waals surface area (Å²) < 4.78 is 4.82. The Balaban J connectivity index is 3.40. The number of ether oxygens (including phenoxy) is 1. The smallest absolute Gasteiger partial charge is 0.330 e. The molecule has 0 unspecified atom stereocenters. The highest BCUT2D eigenvalue weighted by Gasteiger charge is 1.97. The number of esters is 1. The molecule has 0 amide bonds. The molecule has 0 fully saturated rings. The van der Waals surface area contributed by atoms with Crippen LogP contribution in [0, 0.1) is 5.92 Å². The van der Waals surface area contributed by atoms with Gasteiger partial charge in [-0.3, -0.25) is 0 Å². The van der Waals surface area contributed by atoms with Crippen molar-refractivity contribution < 1.29 is 9.53 Å². The monoisotopic (exact) mass is 142 g/mol. The van der Waals surface area contributed by atoms with Gasteiger partial charge in [-0.15, -0.1) is 0 Å². The Morgan fingerprint density at radius 2 is 2.20 bits per heavy atom. The van der Waals surface area contributed by atoms with Crippen molar-refractivity contribution in [2.75, 3.05) is 6.61 Å². The van der Waals surface area contributed by atoms with E-state index in [2.05, 4.69) is 0 Å². The fraction of sp³-hybridized carbons (Fsp3) is 0.625. The van der Waals surface area contributed by atoms with Gasteiger partial charge in [-0.2, -0.15) is 0 Å². The lowest BCUT2D eigenvalue weighted by Gasteiger charge is -2.03. The van der Waals surface area contributed by atoms with E-state index in [-0.39, 0.29) is 5.97 Å². The van der Waals surface area contributed by atoms with Crippen molar-refractivity contribution in [3.8, 4) is 0 Å². The molecule has 0 aliphatic rings. The van der Waals surface area contributed by atoms with Crippen molar-refractivity contribution in [3.05, 3.63) is 12.2 Å². The number of carbonyl (C=O) groups is 1. The van der Waals surface area contributed by atoms with E-state index in [0.717, 1.165) is 0 Å². The molecular formula is C8H14O2. The molecule has 0 N–H and O–H groups in total. The minimum atomic E-state index is -0.254. The summed E-state index contributed by atoms with van der Waals surface area (Å²) in [6, 6.07) is 0. The van der Waals surface area contributed by atoms with Crippen LogP contribution in [0.25, 0.3) is 0 Å². The zero-order chi connectivity index (χ0) is 7.98. The first-order chi connectivity index (χ1) is 4.66. The maximum absolute atomic E-state index is 10.6. The lowest BCUT2D eigenvalue weighted by Crippen LogP contribution is -2.06. The van der Waals surface area contributed by atoms with E-state index in [4.69, 9.17) is 4.74 Å². The Morgan fingerprint density at radius 1 is 1.60 bits per heavy atom. The summed E-state index contributed by atoms with van der Waals surface area (Å²) in [5.41, 5.74) is 0. The maximum Gasteiger partial charge on any atom is 0.330 e. The molecule has 0 saturated carbocycles. The molecule has 0 spiro atoms. The van der Waals surface area contributed by atoms with Gasteiger partial charge in [0.1, 0.15) is 0 Å². The fourth-order valence-electron chi connectivity index (χ4n) is 0.433. The zero-order valence-electron chi connectivity index (χ0n) is 6.76. The van der Waals surface area contributed by atoms with Crippen molar-refractivity contribution in [2.24, 2.45) is 5.92 Å². The molecule has 0 aliphatic carbocycles. The standard InChI is InChI=1S/C8H14O2/c1-4-5-8(9)10-6-7(2)3/h4-5,7H,6H2,1-3H3/b5-4+. The summed E-state index contributed by atoms with van der Waals surface area (Å²) in [4.78, 5) is 10.6. The highest BCUT2D eigenvalue weighted by Crippen LogP contribution is 1.92. The second-order valence-corrected chi connectivity index (χ2v) is 2.52. The molecule has 2 heteroatoms. The Bertz CT molecular complexity index is 125. The van der Waals surface area contributed by atoms with Gasteiger partial charge >= 0.3 is 5.97 Å². The van der Waals surface area contributed by atoms with Crippen LogP contribution in [0.5, 0.6) is 0 Å². The normalized spacial score (nSPS) is 10.8. The van der Waals surface area contributed by atoms with Crippen LogP contribution >= 0.6 is 0 Å². The average Bonchev–Trinajstić information content (AvgIpc) is 1.85. The van der Waals surface area contributed by atoms with Crippen molar-refractivity contribution in [2.45, 2.75) is 20.8 Å². The van der Waals surface area contributed by atoms with Crippen LogP contribution < -0.4 is 0 Å². The first-order valence-corrected chi connectivity index (χ1v) is 3.46. The van der Waals surface area contributed by atoms with Gasteiger partial charge in [0, 0.05) is 6.08 Å². The topological polar surface area (TPSA) is 26.3 Å². The van der Waals surface area contributed by atoms with Crippen LogP contribution in [0.2, 0.25) is 0 Å². The molecule has 0 bridgehead atoms. The highest BCUT2D eigenvalue weighted by molar-refractivity contribution is 5.81. The number of carbonyl (C=O) groups excluding carboxylic acids is 1. The summed E-state index contributed by atoms with van der Waals surface area (Å²) in [6.45, 7) is 6.30. The van der Waals surface area contributed by atoms with Gasteiger partial charge in [0.2, 0.25) is 0 Å². The molecule has 2 nitrogen and oxygen atoms in total. The van der Waals surface area contributed by atoms with Gasteiger partial charge < -0.3 is 4.74 Å². The molecule has 0 aromatic heterocycles. The molecule has 0 aliphatic heterocycles. The van der Waals surface area contributed by atoms with Crippen LogP contribution in [-0.2, 0) is 9.53 Å². The number of hydrogen-bond acceptors (Lipinski definition) is 2. The Hall–Kier alpha value is -0.790. The molecular weight excluding hydrogens is 128 g/mol.